The van der Waals surface area contributed by atoms with Crippen molar-refractivity contribution in [1.82, 2.24) is 19.8 Å². The Morgan fingerprint density at radius 3 is 2.74 bits per heavy atom. The molecule has 0 atom stereocenters. The molecule has 1 N–H and O–H groups in total. The number of fused-ring (bicyclic) bond motifs is 1. The number of imidazole rings is 1. The molecule has 0 radical (unpaired) electrons. The van der Waals surface area contributed by atoms with Crippen LogP contribution in [-0.2, 0) is 13.0 Å². The Morgan fingerprint density at radius 1 is 1.35 bits per heavy atom. The molecule has 1 aliphatic heterocycles. The second kappa shape index (κ2) is 7.62. The zero-order valence-electron chi connectivity index (χ0n) is 14.7. The van der Waals surface area contributed by atoms with Gasteiger partial charge in [-0.2, -0.15) is 0 Å². The molecule has 0 aromatic carbocycles. The van der Waals surface area contributed by atoms with Gasteiger partial charge in [0.15, 0.2) is 5.82 Å². The predicted octanol–water partition coefficient (Wildman–Crippen LogP) is 2.23. The Bertz CT molecular complexity index is 577. The number of hydrogen-bond acceptors (Lipinski definition) is 3. The Labute approximate surface area is 138 Å². The molecule has 0 unspecified atom stereocenters. The fraction of sp³-hybridized carbons (Fsp3) is 0.706. The molecule has 23 heavy (non-hydrogen) atoms. The summed E-state index contributed by atoms with van der Waals surface area (Å²) in [6, 6.07) is 0.0508. The first-order valence-electron chi connectivity index (χ1n) is 8.61. The Morgan fingerprint density at radius 2 is 2.09 bits per heavy atom. The van der Waals surface area contributed by atoms with Crippen molar-refractivity contribution >= 4 is 11.8 Å². The number of nitrogens with zero attached hydrogens (tertiary/aromatic N) is 3. The largest absolute Gasteiger partial charge is 0.348 e. The maximum absolute atomic E-state index is 12.7. The summed E-state index contributed by atoms with van der Waals surface area (Å²) in [6.45, 7) is 7.42. The highest BCUT2D eigenvalue weighted by atomic mass is 16.2. The van der Waals surface area contributed by atoms with E-state index < -0.39 is 0 Å². The third kappa shape index (κ3) is 3.92. The fourth-order valence-corrected chi connectivity index (χ4v) is 2.89. The molecule has 0 fully saturated rings. The standard InChI is InChI=1S/C17H28N4O2/c1-5-6-10-20(4)17(23)15-19-14(16(22)18-12(2)3)13-9-7-8-11-21(13)15/h12H,5-11H2,1-4H3,(H,18,22). The minimum absolute atomic E-state index is 0.0508. The lowest BCUT2D eigenvalue weighted by Gasteiger charge is -2.20. The number of amides is 2. The SMILES string of the molecule is CCCCN(C)C(=O)c1nc(C(=O)NC(C)C)c2n1CCCC2. The van der Waals surface area contributed by atoms with Crippen LogP contribution in [-0.4, -0.2) is 45.9 Å². The molecule has 2 heterocycles. The van der Waals surface area contributed by atoms with Crippen LogP contribution in [0, 0.1) is 0 Å². The first kappa shape index (κ1) is 17.5. The molecule has 1 aromatic heterocycles. The predicted molar refractivity (Wildman–Crippen MR) is 89.6 cm³/mol. The topological polar surface area (TPSA) is 67.2 Å². The lowest BCUT2D eigenvalue weighted by molar-refractivity contribution is 0.0775. The lowest BCUT2D eigenvalue weighted by atomic mass is 10.1. The monoisotopic (exact) mass is 320 g/mol. The Hall–Kier alpha value is -1.85. The normalized spacial score (nSPS) is 13.8. The van der Waals surface area contributed by atoms with E-state index >= 15 is 0 Å². The number of rotatable bonds is 6. The van der Waals surface area contributed by atoms with Crippen LogP contribution in [0.4, 0.5) is 0 Å². The zero-order chi connectivity index (χ0) is 17.0. The van der Waals surface area contributed by atoms with Gasteiger partial charge in [0.1, 0.15) is 5.69 Å². The average molecular weight is 320 g/mol. The van der Waals surface area contributed by atoms with Crippen molar-refractivity contribution in [1.29, 1.82) is 0 Å². The van der Waals surface area contributed by atoms with Crippen LogP contribution in [0.5, 0.6) is 0 Å². The van der Waals surface area contributed by atoms with Gasteiger partial charge >= 0.3 is 0 Å². The summed E-state index contributed by atoms with van der Waals surface area (Å²) in [7, 11) is 1.80. The molecule has 2 amide bonds. The first-order chi connectivity index (χ1) is 11.0. The number of aromatic nitrogens is 2. The number of nitrogens with one attached hydrogen (secondary N) is 1. The third-order valence-electron chi connectivity index (χ3n) is 4.14. The molecule has 0 bridgehead atoms. The molecular weight excluding hydrogens is 292 g/mol. The smallest absolute Gasteiger partial charge is 0.289 e. The van der Waals surface area contributed by atoms with E-state index in [-0.39, 0.29) is 17.9 Å². The minimum atomic E-state index is -0.180. The Kier molecular flexibility index (Phi) is 5.80. The molecule has 0 spiro atoms. The van der Waals surface area contributed by atoms with E-state index in [1.165, 1.54) is 0 Å². The number of carbonyl (C=O) groups excluding carboxylic acids is 2. The highest BCUT2D eigenvalue weighted by molar-refractivity contribution is 5.97. The fourth-order valence-electron chi connectivity index (χ4n) is 2.89. The van der Waals surface area contributed by atoms with Gasteiger partial charge in [0.25, 0.3) is 11.8 Å². The van der Waals surface area contributed by atoms with Crippen LogP contribution >= 0.6 is 0 Å². The quantitative estimate of drug-likeness (QED) is 0.874. The van der Waals surface area contributed by atoms with Crippen LogP contribution in [0.3, 0.4) is 0 Å². The van der Waals surface area contributed by atoms with E-state index in [0.29, 0.717) is 18.1 Å². The summed E-state index contributed by atoms with van der Waals surface area (Å²) in [5.41, 5.74) is 1.33. The Balaban J connectivity index is 2.31. The molecule has 6 nitrogen and oxygen atoms in total. The molecule has 0 saturated carbocycles. The highest BCUT2D eigenvalue weighted by Gasteiger charge is 2.28. The number of hydrogen-bond donors (Lipinski definition) is 1. The van der Waals surface area contributed by atoms with Gasteiger partial charge in [-0.05, 0) is 39.5 Å². The van der Waals surface area contributed by atoms with Crippen LogP contribution in [0.25, 0.3) is 0 Å². The zero-order valence-corrected chi connectivity index (χ0v) is 14.7. The highest BCUT2D eigenvalue weighted by Crippen LogP contribution is 2.22. The number of carbonyl (C=O) groups is 2. The molecule has 0 saturated heterocycles. The third-order valence-corrected chi connectivity index (χ3v) is 4.14. The van der Waals surface area contributed by atoms with Gasteiger partial charge in [0.2, 0.25) is 0 Å². The van der Waals surface area contributed by atoms with Crippen molar-refractivity contribution in [3.63, 3.8) is 0 Å². The van der Waals surface area contributed by atoms with E-state index in [1.54, 1.807) is 11.9 Å². The summed E-state index contributed by atoms with van der Waals surface area (Å²) in [4.78, 5) is 31.2. The second-order valence-corrected chi connectivity index (χ2v) is 6.55. The van der Waals surface area contributed by atoms with E-state index in [2.05, 4.69) is 17.2 Å². The van der Waals surface area contributed by atoms with Gasteiger partial charge < -0.3 is 14.8 Å². The van der Waals surface area contributed by atoms with Crippen molar-refractivity contribution in [3.05, 3.63) is 17.2 Å². The van der Waals surface area contributed by atoms with Crippen molar-refractivity contribution in [2.45, 2.75) is 65.5 Å². The summed E-state index contributed by atoms with van der Waals surface area (Å²) >= 11 is 0. The molecule has 2 rings (SSSR count). The van der Waals surface area contributed by atoms with Crippen LogP contribution in [0.1, 0.15) is 73.3 Å². The van der Waals surface area contributed by atoms with Gasteiger partial charge in [-0.25, -0.2) is 4.98 Å². The van der Waals surface area contributed by atoms with Crippen molar-refractivity contribution in [2.75, 3.05) is 13.6 Å². The molecule has 128 valence electrons. The second-order valence-electron chi connectivity index (χ2n) is 6.55. The van der Waals surface area contributed by atoms with E-state index in [4.69, 9.17) is 0 Å². The maximum atomic E-state index is 12.7. The van der Waals surface area contributed by atoms with Gasteiger partial charge in [-0.15, -0.1) is 0 Å². The van der Waals surface area contributed by atoms with Crippen molar-refractivity contribution < 1.29 is 9.59 Å². The van der Waals surface area contributed by atoms with Crippen LogP contribution < -0.4 is 5.32 Å². The van der Waals surface area contributed by atoms with E-state index in [9.17, 15) is 9.59 Å². The molecule has 0 aliphatic carbocycles. The number of unbranched alkanes of at least 4 members (excludes halogenated alkanes) is 1. The summed E-state index contributed by atoms with van der Waals surface area (Å²) in [5, 5.41) is 2.89. The molecule has 1 aliphatic rings. The van der Waals surface area contributed by atoms with E-state index in [1.807, 2.05) is 18.4 Å². The molecule has 1 aromatic rings. The van der Waals surface area contributed by atoms with Crippen molar-refractivity contribution in [2.24, 2.45) is 0 Å². The first-order valence-corrected chi connectivity index (χ1v) is 8.61. The minimum Gasteiger partial charge on any atom is -0.348 e. The summed E-state index contributed by atoms with van der Waals surface area (Å²) < 4.78 is 1.95. The molecule has 6 heteroatoms. The van der Waals surface area contributed by atoms with Gasteiger partial charge in [-0.1, -0.05) is 13.3 Å². The maximum Gasteiger partial charge on any atom is 0.289 e. The van der Waals surface area contributed by atoms with E-state index in [0.717, 1.165) is 44.3 Å². The summed E-state index contributed by atoms with van der Waals surface area (Å²) in [5.74, 6) is 0.137. The van der Waals surface area contributed by atoms with Crippen molar-refractivity contribution in [3.8, 4) is 0 Å². The van der Waals surface area contributed by atoms with Crippen LogP contribution in [0.15, 0.2) is 0 Å². The van der Waals surface area contributed by atoms with Gasteiger partial charge in [-0.3, -0.25) is 9.59 Å². The average Bonchev–Trinajstić information content (AvgIpc) is 2.91. The van der Waals surface area contributed by atoms with Gasteiger partial charge in [0, 0.05) is 26.2 Å². The lowest BCUT2D eigenvalue weighted by Crippen LogP contribution is -2.31. The van der Waals surface area contributed by atoms with Crippen LogP contribution in [0.2, 0.25) is 0 Å². The summed E-state index contributed by atoms with van der Waals surface area (Å²) in [6.07, 6.45) is 4.87. The van der Waals surface area contributed by atoms with Gasteiger partial charge in [0.05, 0.1) is 5.69 Å². The molecular formula is C17H28N4O2.